The highest BCUT2D eigenvalue weighted by molar-refractivity contribution is 5.85. The summed E-state index contributed by atoms with van der Waals surface area (Å²) in [5.74, 6) is -0.648. The standard InChI is InChI=1S/C22H37N5O6.ClH/c1-3-31-18(28)13-22(19(29)32-4-2)7-11-25(12-8-22)14-17-15-27(21(30)33-17)16-5-9-26(10-6-16)20(23)24;/h16-17H,3-15H2,1-2H3,(H3,23,24);1H. The Hall–Kier alpha value is -2.27. The smallest absolute Gasteiger partial charge is 0.410 e. The number of esters is 2. The molecule has 3 N–H and O–H groups in total. The lowest BCUT2D eigenvalue weighted by Gasteiger charge is -2.39. The van der Waals surface area contributed by atoms with Gasteiger partial charge in [0.05, 0.1) is 31.6 Å². The molecule has 34 heavy (non-hydrogen) atoms. The minimum Gasteiger partial charge on any atom is -0.466 e. The van der Waals surface area contributed by atoms with Crippen molar-refractivity contribution in [2.75, 3.05) is 52.5 Å². The molecule has 1 unspecified atom stereocenters. The van der Waals surface area contributed by atoms with E-state index in [0.717, 1.165) is 12.8 Å². The second-order valence-electron chi connectivity index (χ2n) is 9.04. The van der Waals surface area contributed by atoms with Crippen molar-refractivity contribution >= 4 is 36.4 Å². The molecular weight excluding hydrogens is 466 g/mol. The van der Waals surface area contributed by atoms with Crippen LogP contribution in [0.4, 0.5) is 4.79 Å². The minimum absolute atomic E-state index is 0. The summed E-state index contributed by atoms with van der Waals surface area (Å²) < 4.78 is 16.0. The van der Waals surface area contributed by atoms with Gasteiger partial charge in [0.25, 0.3) is 0 Å². The summed E-state index contributed by atoms with van der Waals surface area (Å²) in [5.41, 5.74) is 4.70. The fraction of sp³-hybridized carbons (Fsp3) is 0.818. The van der Waals surface area contributed by atoms with Gasteiger partial charge in [-0.15, -0.1) is 12.4 Å². The molecule has 3 aliphatic rings. The van der Waals surface area contributed by atoms with E-state index in [1.54, 1.807) is 18.7 Å². The molecule has 0 aromatic carbocycles. The molecular formula is C22H38ClN5O6. The number of nitrogens with two attached hydrogens (primary N) is 1. The SMILES string of the molecule is CCOC(=O)CC1(C(=O)OCC)CCN(CC2CN(C3CCN(C(=N)N)CC3)C(=O)O2)CC1.Cl. The molecule has 0 bridgehead atoms. The van der Waals surface area contributed by atoms with E-state index in [1.165, 1.54) is 0 Å². The molecule has 1 amide bonds. The number of cyclic esters (lactones) is 1. The monoisotopic (exact) mass is 503 g/mol. The lowest BCUT2D eigenvalue weighted by molar-refractivity contribution is -0.165. The molecule has 194 valence electrons. The minimum atomic E-state index is -0.859. The highest BCUT2D eigenvalue weighted by atomic mass is 35.5. The van der Waals surface area contributed by atoms with Crippen molar-refractivity contribution in [1.82, 2.24) is 14.7 Å². The van der Waals surface area contributed by atoms with Crippen LogP contribution in [0.5, 0.6) is 0 Å². The summed E-state index contributed by atoms with van der Waals surface area (Å²) in [7, 11) is 0. The zero-order chi connectivity index (χ0) is 24.0. The van der Waals surface area contributed by atoms with E-state index in [-0.39, 0.29) is 68.2 Å². The van der Waals surface area contributed by atoms with Crippen LogP contribution in [0.2, 0.25) is 0 Å². The van der Waals surface area contributed by atoms with Crippen LogP contribution in [0.15, 0.2) is 0 Å². The molecule has 0 saturated carbocycles. The summed E-state index contributed by atoms with van der Waals surface area (Å²) >= 11 is 0. The average molecular weight is 504 g/mol. The van der Waals surface area contributed by atoms with Gasteiger partial charge in [0.15, 0.2) is 5.96 Å². The van der Waals surface area contributed by atoms with Crippen LogP contribution in [-0.2, 0) is 23.8 Å². The van der Waals surface area contributed by atoms with Gasteiger partial charge in [-0.2, -0.15) is 0 Å². The maximum atomic E-state index is 12.7. The Labute approximate surface area is 207 Å². The topological polar surface area (TPSA) is 138 Å². The zero-order valence-electron chi connectivity index (χ0n) is 20.1. The number of likely N-dealkylation sites (tertiary alicyclic amines) is 2. The van der Waals surface area contributed by atoms with Crippen LogP contribution in [0, 0.1) is 10.8 Å². The summed E-state index contributed by atoms with van der Waals surface area (Å²) in [5, 5.41) is 7.55. The second-order valence-corrected chi connectivity index (χ2v) is 9.04. The first-order valence-corrected chi connectivity index (χ1v) is 11.9. The third-order valence-corrected chi connectivity index (χ3v) is 6.92. The first-order valence-electron chi connectivity index (χ1n) is 11.9. The lowest BCUT2D eigenvalue weighted by Crippen LogP contribution is -2.50. The highest BCUT2D eigenvalue weighted by Gasteiger charge is 2.46. The van der Waals surface area contributed by atoms with Crippen LogP contribution in [-0.4, -0.2) is 103 Å². The Balaban J connectivity index is 0.00000408. The van der Waals surface area contributed by atoms with Crippen LogP contribution < -0.4 is 5.73 Å². The van der Waals surface area contributed by atoms with Crippen molar-refractivity contribution in [3.63, 3.8) is 0 Å². The Morgan fingerprint density at radius 3 is 2.29 bits per heavy atom. The maximum absolute atomic E-state index is 12.7. The molecule has 0 aliphatic carbocycles. The number of amides is 1. The van der Waals surface area contributed by atoms with Crippen molar-refractivity contribution in [2.45, 2.75) is 58.1 Å². The fourth-order valence-corrected chi connectivity index (χ4v) is 5.03. The van der Waals surface area contributed by atoms with Crippen LogP contribution >= 0.6 is 12.4 Å². The predicted octanol–water partition coefficient (Wildman–Crippen LogP) is 1.19. The van der Waals surface area contributed by atoms with Gasteiger partial charge in [-0.1, -0.05) is 0 Å². The van der Waals surface area contributed by atoms with E-state index in [4.69, 9.17) is 25.4 Å². The lowest BCUT2D eigenvalue weighted by atomic mass is 9.75. The van der Waals surface area contributed by atoms with Gasteiger partial charge in [0, 0.05) is 25.7 Å². The van der Waals surface area contributed by atoms with Gasteiger partial charge in [0.1, 0.15) is 6.10 Å². The number of hydrogen-bond acceptors (Lipinski definition) is 8. The number of guanidine groups is 1. The molecule has 3 aliphatic heterocycles. The largest absolute Gasteiger partial charge is 0.466 e. The molecule has 0 spiro atoms. The predicted molar refractivity (Wildman–Crippen MR) is 127 cm³/mol. The number of halogens is 1. The van der Waals surface area contributed by atoms with E-state index in [0.29, 0.717) is 52.1 Å². The van der Waals surface area contributed by atoms with E-state index in [9.17, 15) is 14.4 Å². The number of ether oxygens (including phenoxy) is 3. The van der Waals surface area contributed by atoms with Crippen LogP contribution in [0.25, 0.3) is 0 Å². The quantitative estimate of drug-likeness (QED) is 0.216. The molecule has 1 atom stereocenters. The first-order chi connectivity index (χ1) is 15.8. The van der Waals surface area contributed by atoms with E-state index < -0.39 is 5.41 Å². The fourth-order valence-electron chi connectivity index (χ4n) is 5.03. The Kier molecular flexibility index (Phi) is 10.2. The third kappa shape index (κ3) is 6.65. The van der Waals surface area contributed by atoms with E-state index >= 15 is 0 Å². The second kappa shape index (κ2) is 12.4. The summed E-state index contributed by atoms with van der Waals surface area (Å²) in [6.45, 7) is 7.73. The number of piperidine rings is 2. The molecule has 3 rings (SSSR count). The molecule has 3 heterocycles. The number of carbonyl (C=O) groups excluding carboxylic acids is 3. The summed E-state index contributed by atoms with van der Waals surface area (Å²) in [6, 6.07) is 0.0977. The number of nitrogens with zero attached hydrogens (tertiary/aromatic N) is 3. The number of rotatable bonds is 8. The molecule has 0 aromatic rings. The van der Waals surface area contributed by atoms with Gasteiger partial charge in [-0.25, -0.2) is 4.79 Å². The molecule has 0 aromatic heterocycles. The maximum Gasteiger partial charge on any atom is 0.410 e. The summed E-state index contributed by atoms with van der Waals surface area (Å²) in [6.07, 6.45) is 2.03. The normalized spacial score (nSPS) is 23.1. The van der Waals surface area contributed by atoms with Crippen molar-refractivity contribution in [3.8, 4) is 0 Å². The van der Waals surface area contributed by atoms with Gasteiger partial charge in [0.2, 0.25) is 0 Å². The van der Waals surface area contributed by atoms with Crippen LogP contribution in [0.1, 0.15) is 46.0 Å². The zero-order valence-corrected chi connectivity index (χ0v) is 20.9. The first kappa shape index (κ1) is 28.0. The molecule has 0 radical (unpaired) electrons. The summed E-state index contributed by atoms with van der Waals surface area (Å²) in [4.78, 5) is 43.1. The Morgan fingerprint density at radius 1 is 1.12 bits per heavy atom. The van der Waals surface area contributed by atoms with Gasteiger partial charge in [-0.05, 0) is 52.6 Å². The Morgan fingerprint density at radius 2 is 1.74 bits per heavy atom. The van der Waals surface area contributed by atoms with Gasteiger partial charge >= 0.3 is 18.0 Å². The van der Waals surface area contributed by atoms with Gasteiger partial charge in [-0.3, -0.25) is 19.9 Å². The Bertz CT molecular complexity index is 737. The molecule has 12 heteroatoms. The van der Waals surface area contributed by atoms with Crippen molar-refractivity contribution < 1.29 is 28.6 Å². The van der Waals surface area contributed by atoms with Gasteiger partial charge < -0.3 is 29.7 Å². The molecule has 3 fully saturated rings. The highest BCUT2D eigenvalue weighted by Crippen LogP contribution is 2.37. The van der Waals surface area contributed by atoms with Crippen LogP contribution in [0.3, 0.4) is 0 Å². The number of carbonyl (C=O) groups is 3. The third-order valence-electron chi connectivity index (χ3n) is 6.92. The van der Waals surface area contributed by atoms with E-state index in [1.807, 2.05) is 4.90 Å². The average Bonchev–Trinajstić information content (AvgIpc) is 3.15. The molecule has 3 saturated heterocycles. The number of hydrogen-bond donors (Lipinski definition) is 2. The molecule has 11 nitrogen and oxygen atoms in total. The number of nitrogens with one attached hydrogen (secondary N) is 1. The van der Waals surface area contributed by atoms with Crippen molar-refractivity contribution in [3.05, 3.63) is 0 Å². The van der Waals surface area contributed by atoms with Crippen molar-refractivity contribution in [1.29, 1.82) is 5.41 Å². The van der Waals surface area contributed by atoms with E-state index in [2.05, 4.69) is 4.90 Å². The van der Waals surface area contributed by atoms with Crippen molar-refractivity contribution in [2.24, 2.45) is 11.1 Å².